The van der Waals surface area contributed by atoms with E-state index in [1.807, 2.05) is 35.2 Å². The molecule has 7 heteroatoms. The zero-order valence-corrected chi connectivity index (χ0v) is 15.5. The lowest BCUT2D eigenvalue weighted by Gasteiger charge is -2.30. The van der Waals surface area contributed by atoms with Crippen molar-refractivity contribution >= 4 is 23.4 Å². The van der Waals surface area contributed by atoms with E-state index < -0.39 is 0 Å². The number of carbonyl (C=O) groups is 1. The summed E-state index contributed by atoms with van der Waals surface area (Å²) < 4.78 is 0. The van der Waals surface area contributed by atoms with Gasteiger partial charge in [-0.2, -0.15) is 4.98 Å². The highest BCUT2D eigenvalue weighted by molar-refractivity contribution is 5.95. The molecule has 0 bridgehead atoms. The van der Waals surface area contributed by atoms with Gasteiger partial charge in [-0.25, -0.2) is 4.98 Å². The van der Waals surface area contributed by atoms with Gasteiger partial charge in [0.15, 0.2) is 0 Å². The molecule has 2 aliphatic heterocycles. The lowest BCUT2D eigenvalue weighted by Crippen LogP contribution is -2.43. The molecule has 4 rings (SSSR count). The Hall–Kier alpha value is -2.67. The molecule has 1 aromatic carbocycles. The molecule has 0 spiro atoms. The first-order valence-corrected chi connectivity index (χ1v) is 9.69. The number of amides is 1. The SMILES string of the molecule is N[C@H]1CCCN(c2nccc(Nc3cccc(C(=O)N4CCCC4)c3)n2)C1. The molecule has 2 aromatic rings. The number of rotatable bonds is 4. The van der Waals surface area contributed by atoms with Crippen LogP contribution < -0.4 is 16.0 Å². The maximum Gasteiger partial charge on any atom is 0.253 e. The van der Waals surface area contributed by atoms with Crippen LogP contribution in [0, 0.1) is 0 Å². The van der Waals surface area contributed by atoms with E-state index >= 15 is 0 Å². The molecular weight excluding hydrogens is 340 g/mol. The molecule has 3 heterocycles. The second-order valence-corrected chi connectivity index (χ2v) is 7.30. The van der Waals surface area contributed by atoms with Gasteiger partial charge in [-0.15, -0.1) is 0 Å². The van der Waals surface area contributed by atoms with Gasteiger partial charge >= 0.3 is 0 Å². The van der Waals surface area contributed by atoms with E-state index in [2.05, 4.69) is 20.2 Å². The Kier molecular flexibility index (Phi) is 5.20. The van der Waals surface area contributed by atoms with E-state index in [1.165, 1.54) is 0 Å². The predicted octanol–water partition coefficient (Wildman–Crippen LogP) is 2.38. The number of piperidine rings is 1. The van der Waals surface area contributed by atoms with Crippen molar-refractivity contribution in [3.8, 4) is 0 Å². The number of likely N-dealkylation sites (tertiary alicyclic amines) is 1. The van der Waals surface area contributed by atoms with Crippen molar-refractivity contribution in [1.82, 2.24) is 14.9 Å². The summed E-state index contributed by atoms with van der Waals surface area (Å²) in [4.78, 5) is 25.7. The molecule has 2 aliphatic rings. The van der Waals surface area contributed by atoms with E-state index in [0.29, 0.717) is 17.3 Å². The van der Waals surface area contributed by atoms with Crippen LogP contribution in [-0.2, 0) is 0 Å². The summed E-state index contributed by atoms with van der Waals surface area (Å²) in [6.45, 7) is 3.41. The molecule has 2 fully saturated rings. The highest BCUT2D eigenvalue weighted by Crippen LogP contribution is 2.21. The zero-order chi connectivity index (χ0) is 18.6. The van der Waals surface area contributed by atoms with Gasteiger partial charge in [0.1, 0.15) is 5.82 Å². The van der Waals surface area contributed by atoms with Crippen molar-refractivity contribution in [2.75, 3.05) is 36.4 Å². The van der Waals surface area contributed by atoms with E-state index in [-0.39, 0.29) is 11.9 Å². The first kappa shape index (κ1) is 17.7. The Morgan fingerprint density at radius 2 is 2.00 bits per heavy atom. The van der Waals surface area contributed by atoms with E-state index in [4.69, 9.17) is 5.73 Å². The Bertz CT molecular complexity index is 805. The molecule has 1 atom stereocenters. The Labute approximate surface area is 159 Å². The fourth-order valence-electron chi connectivity index (χ4n) is 3.74. The molecule has 0 unspecified atom stereocenters. The number of benzene rings is 1. The van der Waals surface area contributed by atoms with Crippen LogP contribution in [0.1, 0.15) is 36.0 Å². The van der Waals surface area contributed by atoms with Crippen molar-refractivity contribution < 1.29 is 4.79 Å². The number of nitrogens with zero attached hydrogens (tertiary/aromatic N) is 4. The molecule has 142 valence electrons. The molecule has 1 aromatic heterocycles. The second-order valence-electron chi connectivity index (χ2n) is 7.30. The first-order valence-electron chi connectivity index (χ1n) is 9.69. The molecule has 7 nitrogen and oxygen atoms in total. The third kappa shape index (κ3) is 4.19. The first-order chi connectivity index (χ1) is 13.2. The summed E-state index contributed by atoms with van der Waals surface area (Å²) >= 11 is 0. The minimum Gasteiger partial charge on any atom is -0.340 e. The average molecular weight is 366 g/mol. The van der Waals surface area contributed by atoms with E-state index in [9.17, 15) is 4.79 Å². The maximum absolute atomic E-state index is 12.6. The highest BCUT2D eigenvalue weighted by atomic mass is 16.2. The van der Waals surface area contributed by atoms with Crippen LogP contribution >= 0.6 is 0 Å². The fourth-order valence-corrected chi connectivity index (χ4v) is 3.74. The number of hydrogen-bond donors (Lipinski definition) is 2. The number of nitrogens with two attached hydrogens (primary N) is 1. The van der Waals surface area contributed by atoms with Crippen LogP contribution in [0.4, 0.5) is 17.5 Å². The maximum atomic E-state index is 12.6. The monoisotopic (exact) mass is 366 g/mol. The van der Waals surface area contributed by atoms with Crippen molar-refractivity contribution in [3.05, 3.63) is 42.1 Å². The summed E-state index contributed by atoms with van der Waals surface area (Å²) in [7, 11) is 0. The summed E-state index contributed by atoms with van der Waals surface area (Å²) in [5.41, 5.74) is 7.63. The summed E-state index contributed by atoms with van der Waals surface area (Å²) in [5, 5.41) is 3.30. The molecule has 0 radical (unpaired) electrons. The lowest BCUT2D eigenvalue weighted by molar-refractivity contribution is 0.0793. The quantitative estimate of drug-likeness (QED) is 0.864. The molecular formula is C20H26N6O. The number of anilines is 3. The minimum atomic E-state index is 0.0989. The number of nitrogens with one attached hydrogen (secondary N) is 1. The van der Waals surface area contributed by atoms with Crippen LogP contribution in [-0.4, -0.2) is 53.0 Å². The topological polar surface area (TPSA) is 87.4 Å². The number of aromatic nitrogens is 2. The van der Waals surface area contributed by atoms with Gasteiger partial charge in [0, 0.05) is 49.7 Å². The summed E-state index contributed by atoms with van der Waals surface area (Å²) in [5.74, 6) is 1.51. The molecule has 0 aliphatic carbocycles. The Balaban J connectivity index is 1.48. The van der Waals surface area contributed by atoms with Crippen LogP contribution in [0.25, 0.3) is 0 Å². The number of hydrogen-bond acceptors (Lipinski definition) is 6. The van der Waals surface area contributed by atoms with Crippen LogP contribution in [0.3, 0.4) is 0 Å². The van der Waals surface area contributed by atoms with Crippen molar-refractivity contribution in [2.45, 2.75) is 31.7 Å². The van der Waals surface area contributed by atoms with Gasteiger partial charge in [0.05, 0.1) is 0 Å². The lowest BCUT2D eigenvalue weighted by atomic mass is 10.1. The molecule has 1 amide bonds. The van der Waals surface area contributed by atoms with Gasteiger partial charge < -0.3 is 20.9 Å². The van der Waals surface area contributed by atoms with Gasteiger partial charge in [0.25, 0.3) is 5.91 Å². The molecule has 3 N–H and O–H groups in total. The van der Waals surface area contributed by atoms with Gasteiger partial charge in [-0.3, -0.25) is 4.79 Å². The predicted molar refractivity (Wildman–Crippen MR) is 106 cm³/mol. The van der Waals surface area contributed by atoms with Gasteiger partial charge in [-0.1, -0.05) is 6.07 Å². The smallest absolute Gasteiger partial charge is 0.253 e. The van der Waals surface area contributed by atoms with Crippen molar-refractivity contribution in [1.29, 1.82) is 0 Å². The molecule has 27 heavy (non-hydrogen) atoms. The van der Waals surface area contributed by atoms with Gasteiger partial charge in [0.2, 0.25) is 5.95 Å². The second kappa shape index (κ2) is 7.92. The fraction of sp³-hybridized carbons (Fsp3) is 0.450. The number of carbonyl (C=O) groups excluding carboxylic acids is 1. The summed E-state index contributed by atoms with van der Waals surface area (Å²) in [6.07, 6.45) is 6.04. The highest BCUT2D eigenvalue weighted by Gasteiger charge is 2.20. The van der Waals surface area contributed by atoms with Crippen molar-refractivity contribution in [2.24, 2.45) is 5.73 Å². The Morgan fingerprint density at radius 3 is 2.81 bits per heavy atom. The third-order valence-corrected chi connectivity index (χ3v) is 5.16. The van der Waals surface area contributed by atoms with Crippen LogP contribution in [0.5, 0.6) is 0 Å². The average Bonchev–Trinajstić information content (AvgIpc) is 3.23. The largest absolute Gasteiger partial charge is 0.340 e. The van der Waals surface area contributed by atoms with Gasteiger partial charge in [-0.05, 0) is 49.9 Å². The standard InChI is InChI=1S/C20H26N6O/c21-16-6-4-12-26(14-16)20-22-9-8-18(24-20)23-17-7-3-5-15(13-17)19(27)25-10-1-2-11-25/h3,5,7-9,13,16H,1-2,4,6,10-12,14,21H2,(H,22,23,24)/t16-/m0/s1. The summed E-state index contributed by atoms with van der Waals surface area (Å²) in [6, 6.07) is 9.61. The minimum absolute atomic E-state index is 0.0989. The third-order valence-electron chi connectivity index (χ3n) is 5.16. The van der Waals surface area contributed by atoms with Crippen LogP contribution in [0.15, 0.2) is 36.5 Å². The van der Waals surface area contributed by atoms with Crippen LogP contribution in [0.2, 0.25) is 0 Å². The molecule has 0 saturated carbocycles. The van der Waals surface area contributed by atoms with E-state index in [0.717, 1.165) is 57.5 Å². The van der Waals surface area contributed by atoms with Crippen molar-refractivity contribution in [3.63, 3.8) is 0 Å². The normalized spacial score (nSPS) is 20.0. The van der Waals surface area contributed by atoms with E-state index in [1.54, 1.807) is 6.20 Å². The zero-order valence-electron chi connectivity index (χ0n) is 15.5. The Morgan fingerprint density at radius 1 is 1.15 bits per heavy atom. The molecule has 2 saturated heterocycles.